The highest BCUT2D eigenvalue weighted by Gasteiger charge is 2.36. The van der Waals surface area contributed by atoms with E-state index in [9.17, 15) is 4.79 Å². The van der Waals surface area contributed by atoms with Crippen molar-refractivity contribution in [1.82, 2.24) is 0 Å². The number of rotatable bonds is 2. The van der Waals surface area contributed by atoms with Gasteiger partial charge in [0.05, 0.1) is 0 Å². The first kappa shape index (κ1) is 8.76. The normalized spacial score (nSPS) is 25.7. The van der Waals surface area contributed by atoms with Crippen molar-refractivity contribution in [1.29, 1.82) is 0 Å². The fourth-order valence-corrected chi connectivity index (χ4v) is 1.81. The van der Waals surface area contributed by atoms with Gasteiger partial charge in [-0.2, -0.15) is 0 Å². The number of ketones is 1. The van der Waals surface area contributed by atoms with Crippen molar-refractivity contribution in [2.75, 3.05) is 0 Å². The molecule has 1 aromatic rings. The number of Topliss-reactive ketones (excluding diaryl/α,β-unsaturated/α-hetero) is 1. The summed E-state index contributed by atoms with van der Waals surface area (Å²) in [6.45, 7) is 1.58. The molecule has 0 N–H and O–H groups in total. The Hall–Kier alpha value is -0.820. The number of hydrogen-bond donors (Lipinski definition) is 0. The monoisotopic (exact) mass is 194 g/mol. The minimum Gasteiger partial charge on any atom is -0.295 e. The van der Waals surface area contributed by atoms with Crippen molar-refractivity contribution in [2.24, 2.45) is 0 Å². The van der Waals surface area contributed by atoms with E-state index in [0.29, 0.717) is 11.3 Å². The molecule has 0 aliphatic heterocycles. The van der Waals surface area contributed by atoms with Gasteiger partial charge in [-0.1, -0.05) is 24.3 Å². The summed E-state index contributed by atoms with van der Waals surface area (Å²) in [7, 11) is 0. The molecule has 0 spiro atoms. The summed E-state index contributed by atoms with van der Waals surface area (Å²) in [6.07, 6.45) is 1.07. The molecule has 2 atom stereocenters. The lowest BCUT2D eigenvalue weighted by atomic mass is 10.1. The summed E-state index contributed by atoms with van der Waals surface area (Å²) >= 11 is 5.92. The average molecular weight is 195 g/mol. The van der Waals surface area contributed by atoms with Crippen LogP contribution in [0.15, 0.2) is 24.3 Å². The molecule has 2 unspecified atom stereocenters. The van der Waals surface area contributed by atoms with Crippen molar-refractivity contribution >= 4 is 17.4 Å². The first-order valence-electron chi connectivity index (χ1n) is 4.43. The quantitative estimate of drug-likeness (QED) is 0.523. The Morgan fingerprint density at radius 2 is 1.92 bits per heavy atom. The molecule has 0 saturated heterocycles. The maximum atomic E-state index is 11.0. The Morgan fingerprint density at radius 3 is 2.31 bits per heavy atom. The van der Waals surface area contributed by atoms with E-state index in [-0.39, 0.29) is 5.78 Å². The van der Waals surface area contributed by atoms with E-state index >= 15 is 0 Å². The Morgan fingerprint density at radius 1 is 1.38 bits per heavy atom. The lowest BCUT2D eigenvalue weighted by Gasteiger charge is -1.99. The SMILES string of the molecule is CC(=O)c1ccc(C2CC2Cl)cc1. The van der Waals surface area contributed by atoms with E-state index < -0.39 is 0 Å². The van der Waals surface area contributed by atoms with Gasteiger partial charge >= 0.3 is 0 Å². The van der Waals surface area contributed by atoms with Gasteiger partial charge in [0.15, 0.2) is 5.78 Å². The van der Waals surface area contributed by atoms with Crippen LogP contribution in [0.5, 0.6) is 0 Å². The Labute approximate surface area is 82.7 Å². The minimum absolute atomic E-state index is 0.116. The molecule has 68 valence electrons. The third kappa shape index (κ3) is 1.75. The molecule has 1 nitrogen and oxygen atoms in total. The van der Waals surface area contributed by atoms with Crippen LogP contribution >= 0.6 is 11.6 Å². The number of carbonyl (C=O) groups is 1. The van der Waals surface area contributed by atoms with Crippen LogP contribution in [-0.2, 0) is 0 Å². The van der Waals surface area contributed by atoms with E-state index in [0.717, 1.165) is 12.0 Å². The zero-order valence-corrected chi connectivity index (χ0v) is 8.21. The first-order chi connectivity index (χ1) is 6.18. The van der Waals surface area contributed by atoms with Crippen LogP contribution in [0.2, 0.25) is 0 Å². The van der Waals surface area contributed by atoms with E-state index in [4.69, 9.17) is 11.6 Å². The molecule has 1 fully saturated rings. The summed E-state index contributed by atoms with van der Waals surface area (Å²) < 4.78 is 0. The zero-order chi connectivity index (χ0) is 9.42. The van der Waals surface area contributed by atoms with E-state index in [1.165, 1.54) is 5.56 Å². The van der Waals surface area contributed by atoms with Gasteiger partial charge in [0.2, 0.25) is 0 Å². The van der Waals surface area contributed by atoms with Gasteiger partial charge < -0.3 is 0 Å². The maximum absolute atomic E-state index is 11.0. The van der Waals surface area contributed by atoms with Gasteiger partial charge in [0.1, 0.15) is 0 Å². The number of hydrogen-bond acceptors (Lipinski definition) is 1. The topological polar surface area (TPSA) is 17.1 Å². The predicted molar refractivity (Wildman–Crippen MR) is 53.4 cm³/mol. The molecule has 1 saturated carbocycles. The number of halogens is 1. The fourth-order valence-electron chi connectivity index (χ4n) is 1.47. The van der Waals surface area contributed by atoms with Crippen molar-refractivity contribution in [2.45, 2.75) is 24.6 Å². The summed E-state index contributed by atoms with van der Waals surface area (Å²) in [5.74, 6) is 0.632. The number of carbonyl (C=O) groups excluding carboxylic acids is 1. The van der Waals surface area contributed by atoms with Crippen LogP contribution < -0.4 is 0 Å². The molecule has 2 heteroatoms. The first-order valence-corrected chi connectivity index (χ1v) is 4.87. The summed E-state index contributed by atoms with van der Waals surface area (Å²) in [6, 6.07) is 7.76. The van der Waals surface area contributed by atoms with Gasteiger partial charge in [-0.25, -0.2) is 0 Å². The highest BCUT2D eigenvalue weighted by atomic mass is 35.5. The van der Waals surface area contributed by atoms with E-state index in [1.54, 1.807) is 6.92 Å². The molecule has 13 heavy (non-hydrogen) atoms. The molecule has 1 aliphatic rings. The fraction of sp³-hybridized carbons (Fsp3) is 0.364. The van der Waals surface area contributed by atoms with Crippen LogP contribution in [0.1, 0.15) is 35.2 Å². The molecule has 0 amide bonds. The molecular formula is C11H11ClO. The van der Waals surface area contributed by atoms with Crippen LogP contribution in [0.3, 0.4) is 0 Å². The Kier molecular flexibility index (Phi) is 2.12. The van der Waals surface area contributed by atoms with Gasteiger partial charge in [-0.3, -0.25) is 4.79 Å². The molecular weight excluding hydrogens is 184 g/mol. The van der Waals surface area contributed by atoms with Crippen LogP contribution in [0.4, 0.5) is 0 Å². The average Bonchev–Trinajstić information content (AvgIpc) is 2.83. The molecule has 0 heterocycles. The molecule has 1 aliphatic carbocycles. The Balaban J connectivity index is 2.19. The van der Waals surface area contributed by atoms with Gasteiger partial charge in [0, 0.05) is 16.9 Å². The third-order valence-electron chi connectivity index (χ3n) is 2.46. The third-order valence-corrected chi connectivity index (χ3v) is 2.94. The largest absolute Gasteiger partial charge is 0.295 e. The van der Waals surface area contributed by atoms with Crippen molar-refractivity contribution in [3.8, 4) is 0 Å². The van der Waals surface area contributed by atoms with Crippen molar-refractivity contribution < 1.29 is 4.79 Å². The summed E-state index contributed by atoms with van der Waals surface area (Å²) in [5.41, 5.74) is 2.03. The lowest BCUT2D eigenvalue weighted by molar-refractivity contribution is 0.101. The lowest BCUT2D eigenvalue weighted by Crippen LogP contribution is -1.91. The van der Waals surface area contributed by atoms with Crippen LogP contribution in [0.25, 0.3) is 0 Å². The van der Waals surface area contributed by atoms with E-state index in [2.05, 4.69) is 0 Å². The second kappa shape index (κ2) is 3.15. The molecule has 1 aromatic carbocycles. The van der Waals surface area contributed by atoms with Crippen LogP contribution in [-0.4, -0.2) is 11.2 Å². The Bertz CT molecular complexity index is 328. The number of alkyl halides is 1. The van der Waals surface area contributed by atoms with Gasteiger partial charge in [-0.15, -0.1) is 11.6 Å². The van der Waals surface area contributed by atoms with Crippen molar-refractivity contribution in [3.05, 3.63) is 35.4 Å². The second-order valence-electron chi connectivity index (χ2n) is 3.54. The zero-order valence-electron chi connectivity index (χ0n) is 7.46. The van der Waals surface area contributed by atoms with Crippen molar-refractivity contribution in [3.63, 3.8) is 0 Å². The highest BCUT2D eigenvalue weighted by Crippen LogP contribution is 2.45. The maximum Gasteiger partial charge on any atom is 0.159 e. The molecule has 2 rings (SSSR count). The standard InChI is InChI=1S/C11H11ClO/c1-7(13)8-2-4-9(5-3-8)10-6-11(10)12/h2-5,10-11H,6H2,1H3. The van der Waals surface area contributed by atoms with Crippen LogP contribution in [0, 0.1) is 0 Å². The summed E-state index contributed by atoms with van der Waals surface area (Å²) in [4.78, 5) is 11.0. The molecule has 0 radical (unpaired) electrons. The molecule has 0 aromatic heterocycles. The smallest absolute Gasteiger partial charge is 0.159 e. The summed E-state index contributed by atoms with van der Waals surface area (Å²) in [5, 5.41) is 0.308. The minimum atomic E-state index is 0.116. The highest BCUT2D eigenvalue weighted by molar-refractivity contribution is 6.23. The molecule has 0 bridgehead atoms. The van der Waals surface area contributed by atoms with E-state index in [1.807, 2.05) is 24.3 Å². The number of benzene rings is 1. The van der Waals surface area contributed by atoms with Gasteiger partial charge in [0.25, 0.3) is 0 Å². The van der Waals surface area contributed by atoms with Gasteiger partial charge in [-0.05, 0) is 18.9 Å². The predicted octanol–water partition coefficient (Wildman–Crippen LogP) is 2.98. The second-order valence-corrected chi connectivity index (χ2v) is 4.10.